The summed E-state index contributed by atoms with van der Waals surface area (Å²) >= 11 is 0. The molecule has 1 fully saturated rings. The maximum Gasteiger partial charge on any atom is 0.243 e. The summed E-state index contributed by atoms with van der Waals surface area (Å²) in [5.41, 5.74) is 1.74. The van der Waals surface area contributed by atoms with Crippen LogP contribution in [0.15, 0.2) is 59.6 Å². The molecular weight excluding hydrogens is 448 g/mol. The number of sulfonamides is 1. The van der Waals surface area contributed by atoms with Gasteiger partial charge in [-0.05, 0) is 49.2 Å². The summed E-state index contributed by atoms with van der Waals surface area (Å²) in [5.74, 6) is -0.894. The summed E-state index contributed by atoms with van der Waals surface area (Å²) in [4.78, 5) is 8.87. The van der Waals surface area contributed by atoms with Gasteiger partial charge in [-0.25, -0.2) is 27.2 Å². The van der Waals surface area contributed by atoms with E-state index in [9.17, 15) is 17.2 Å². The molecule has 0 saturated carbocycles. The van der Waals surface area contributed by atoms with Crippen molar-refractivity contribution in [1.29, 1.82) is 0 Å². The number of benzene rings is 2. The number of hydrogen-bond acceptors (Lipinski definition) is 6. The smallest absolute Gasteiger partial charge is 0.243 e. The molecule has 1 aliphatic heterocycles. The lowest BCUT2D eigenvalue weighted by atomic mass is 10.1. The predicted octanol–water partition coefficient (Wildman–Crippen LogP) is 3.06. The molecule has 3 aromatic rings. The lowest BCUT2D eigenvalue weighted by Crippen LogP contribution is -2.52. The van der Waals surface area contributed by atoms with Crippen LogP contribution >= 0.6 is 0 Å². The number of halogens is 2. The molecule has 1 aliphatic rings. The molecule has 0 bridgehead atoms. The van der Waals surface area contributed by atoms with Crippen LogP contribution in [0.3, 0.4) is 0 Å². The Labute approximate surface area is 191 Å². The van der Waals surface area contributed by atoms with Gasteiger partial charge in [0.1, 0.15) is 11.6 Å². The van der Waals surface area contributed by atoms with Crippen LogP contribution < -0.4 is 10.6 Å². The molecule has 2 heterocycles. The van der Waals surface area contributed by atoms with Crippen LogP contribution in [0, 0.1) is 11.6 Å². The Morgan fingerprint density at radius 1 is 1.15 bits per heavy atom. The number of hydrogen-bond donors (Lipinski definition) is 2. The minimum Gasteiger partial charge on any atom is -0.354 e. The highest BCUT2D eigenvalue weighted by Crippen LogP contribution is 2.25. The zero-order chi connectivity index (χ0) is 23.4. The van der Waals surface area contributed by atoms with E-state index in [1.165, 1.54) is 16.4 Å². The quantitative estimate of drug-likeness (QED) is 0.549. The lowest BCUT2D eigenvalue weighted by Gasteiger charge is -2.32. The fraction of sp³-hybridized carbons (Fsp3) is 0.304. The van der Waals surface area contributed by atoms with Crippen molar-refractivity contribution in [2.24, 2.45) is 0 Å². The minimum absolute atomic E-state index is 0.131. The first-order valence-electron chi connectivity index (χ1n) is 10.7. The predicted molar refractivity (Wildman–Crippen MR) is 122 cm³/mol. The van der Waals surface area contributed by atoms with Crippen molar-refractivity contribution in [2.45, 2.75) is 24.3 Å². The molecule has 7 nitrogen and oxygen atoms in total. The van der Waals surface area contributed by atoms with Crippen LogP contribution in [0.5, 0.6) is 0 Å². The summed E-state index contributed by atoms with van der Waals surface area (Å²) in [5, 5.41) is 6.24. The van der Waals surface area contributed by atoms with Crippen molar-refractivity contribution < 1.29 is 17.2 Å². The van der Waals surface area contributed by atoms with E-state index in [1.807, 2.05) is 6.92 Å². The van der Waals surface area contributed by atoms with E-state index in [1.54, 1.807) is 36.5 Å². The maximum atomic E-state index is 13.3. The van der Waals surface area contributed by atoms with Gasteiger partial charge < -0.3 is 10.6 Å². The van der Waals surface area contributed by atoms with E-state index in [0.29, 0.717) is 55.4 Å². The summed E-state index contributed by atoms with van der Waals surface area (Å²) in [6, 6.07) is 11.7. The lowest BCUT2D eigenvalue weighted by molar-refractivity contribution is 0.284. The molecular formula is C23H25F2N5O2S. The Morgan fingerprint density at radius 3 is 2.70 bits per heavy atom. The zero-order valence-electron chi connectivity index (χ0n) is 18.1. The van der Waals surface area contributed by atoms with Crippen LogP contribution in [0.2, 0.25) is 0 Å². The molecule has 1 atom stereocenters. The van der Waals surface area contributed by atoms with E-state index in [4.69, 9.17) is 0 Å². The molecule has 0 aliphatic carbocycles. The van der Waals surface area contributed by atoms with Crippen molar-refractivity contribution in [3.63, 3.8) is 0 Å². The molecule has 174 valence electrons. The van der Waals surface area contributed by atoms with Gasteiger partial charge in [0.25, 0.3) is 0 Å². The van der Waals surface area contributed by atoms with E-state index >= 15 is 0 Å². The average molecular weight is 474 g/mol. The standard InChI is InChI=1S/C23H25F2N5O2S/c1-16-15-26-9-10-30(16)33(31,32)21-4-2-3-18(13-21)22-6-8-28-23(29-22)27-7-5-17-11-19(24)14-20(25)12-17/h2-4,6,8,11-14,16,26H,5,7,9-10,15H2,1H3,(H,27,28,29). The highest BCUT2D eigenvalue weighted by molar-refractivity contribution is 7.89. The maximum absolute atomic E-state index is 13.3. The van der Waals surface area contributed by atoms with Crippen molar-refractivity contribution in [1.82, 2.24) is 19.6 Å². The zero-order valence-corrected chi connectivity index (χ0v) is 18.9. The third kappa shape index (κ3) is 5.52. The fourth-order valence-corrected chi connectivity index (χ4v) is 5.49. The molecule has 10 heteroatoms. The fourth-order valence-electron chi connectivity index (χ4n) is 3.81. The number of rotatable bonds is 7. The van der Waals surface area contributed by atoms with Crippen LogP contribution in [0.1, 0.15) is 12.5 Å². The average Bonchev–Trinajstić information content (AvgIpc) is 2.79. The Kier molecular flexibility index (Phi) is 6.96. The molecule has 2 N–H and O–H groups in total. The minimum atomic E-state index is -3.63. The van der Waals surface area contributed by atoms with Crippen molar-refractivity contribution in [2.75, 3.05) is 31.5 Å². The van der Waals surface area contributed by atoms with Gasteiger partial charge >= 0.3 is 0 Å². The highest BCUT2D eigenvalue weighted by Gasteiger charge is 2.31. The third-order valence-electron chi connectivity index (χ3n) is 5.45. The summed E-state index contributed by atoms with van der Waals surface area (Å²) < 4.78 is 54.5. The van der Waals surface area contributed by atoms with Crippen LogP contribution in [0.25, 0.3) is 11.3 Å². The third-order valence-corrected chi connectivity index (χ3v) is 7.46. The van der Waals surface area contributed by atoms with Gasteiger partial charge in [0, 0.05) is 50.0 Å². The van der Waals surface area contributed by atoms with E-state index in [2.05, 4.69) is 20.6 Å². The molecule has 0 amide bonds. The Bertz CT molecular complexity index is 1220. The first kappa shape index (κ1) is 23.2. The topological polar surface area (TPSA) is 87.2 Å². The Morgan fingerprint density at radius 2 is 1.94 bits per heavy atom. The summed E-state index contributed by atoms with van der Waals surface area (Å²) in [7, 11) is -3.63. The molecule has 33 heavy (non-hydrogen) atoms. The molecule has 1 saturated heterocycles. The number of aromatic nitrogens is 2. The van der Waals surface area contributed by atoms with Gasteiger partial charge in [0.15, 0.2) is 0 Å². The first-order valence-corrected chi connectivity index (χ1v) is 12.1. The summed E-state index contributed by atoms with van der Waals surface area (Å²) in [6.07, 6.45) is 1.96. The van der Waals surface area contributed by atoms with Crippen LogP contribution in [0.4, 0.5) is 14.7 Å². The van der Waals surface area contributed by atoms with Crippen LogP contribution in [-0.2, 0) is 16.4 Å². The van der Waals surface area contributed by atoms with Gasteiger partial charge in [-0.15, -0.1) is 0 Å². The molecule has 4 rings (SSSR count). The van der Waals surface area contributed by atoms with Crippen molar-refractivity contribution >= 4 is 16.0 Å². The van der Waals surface area contributed by atoms with Gasteiger partial charge in [-0.2, -0.15) is 4.31 Å². The van der Waals surface area contributed by atoms with E-state index < -0.39 is 21.7 Å². The number of piperazine rings is 1. The van der Waals surface area contributed by atoms with E-state index in [0.717, 1.165) is 6.07 Å². The van der Waals surface area contributed by atoms with Gasteiger partial charge in [0.2, 0.25) is 16.0 Å². The Hall–Kier alpha value is -2.95. The second-order valence-corrected chi connectivity index (χ2v) is 9.81. The monoisotopic (exact) mass is 473 g/mol. The molecule has 0 spiro atoms. The number of nitrogens with zero attached hydrogens (tertiary/aromatic N) is 3. The Balaban J connectivity index is 1.49. The molecule has 2 aromatic carbocycles. The summed E-state index contributed by atoms with van der Waals surface area (Å²) in [6.45, 7) is 3.91. The van der Waals surface area contributed by atoms with Crippen LogP contribution in [-0.4, -0.2) is 54.9 Å². The molecule has 1 aromatic heterocycles. The number of anilines is 1. The highest BCUT2D eigenvalue weighted by atomic mass is 32.2. The number of nitrogens with one attached hydrogen (secondary N) is 2. The van der Waals surface area contributed by atoms with Crippen molar-refractivity contribution in [3.05, 3.63) is 71.9 Å². The first-order chi connectivity index (χ1) is 15.8. The molecule has 0 radical (unpaired) electrons. The molecule has 1 unspecified atom stereocenters. The van der Waals surface area contributed by atoms with Gasteiger partial charge in [0.05, 0.1) is 10.6 Å². The van der Waals surface area contributed by atoms with Gasteiger partial charge in [-0.3, -0.25) is 0 Å². The SMILES string of the molecule is CC1CNCCN1S(=O)(=O)c1cccc(-c2ccnc(NCCc3cc(F)cc(F)c3)n2)c1. The normalized spacial score (nSPS) is 17.1. The van der Waals surface area contributed by atoms with Crippen molar-refractivity contribution in [3.8, 4) is 11.3 Å². The van der Waals surface area contributed by atoms with E-state index in [-0.39, 0.29) is 10.9 Å². The second kappa shape index (κ2) is 9.90. The largest absolute Gasteiger partial charge is 0.354 e. The van der Waals surface area contributed by atoms with Gasteiger partial charge in [-0.1, -0.05) is 12.1 Å². The second-order valence-electron chi connectivity index (χ2n) is 7.92.